The second-order valence-electron chi connectivity index (χ2n) is 4.11. The maximum Gasteiger partial charge on any atom is 0.271 e. The first kappa shape index (κ1) is 13.7. The zero-order chi connectivity index (χ0) is 12.8. The minimum Gasteiger partial charge on any atom is -0.348 e. The minimum atomic E-state index is -0.331. The van der Waals surface area contributed by atoms with Crippen LogP contribution < -0.4 is 10.9 Å². The number of halogens is 1. The fraction of sp³-hybridized carbons (Fsp3) is 0.545. The zero-order valence-electron chi connectivity index (χ0n) is 9.87. The Kier molecular flexibility index (Phi) is 5.15. The average Bonchev–Trinajstić information content (AvgIpc) is 2.29. The van der Waals surface area contributed by atoms with Crippen LogP contribution >= 0.6 is 11.6 Å². The van der Waals surface area contributed by atoms with Gasteiger partial charge in [0.25, 0.3) is 11.5 Å². The SMILES string of the molecule is CC(C)C(CCCl)NC(=O)c1ccc(=O)[nH]n1. The number of nitrogens with one attached hydrogen (secondary N) is 2. The highest BCUT2D eigenvalue weighted by atomic mass is 35.5. The Labute approximate surface area is 105 Å². The average molecular weight is 258 g/mol. The van der Waals surface area contributed by atoms with Gasteiger partial charge in [-0.1, -0.05) is 13.8 Å². The monoisotopic (exact) mass is 257 g/mol. The van der Waals surface area contributed by atoms with Gasteiger partial charge < -0.3 is 5.32 Å². The van der Waals surface area contributed by atoms with Crippen LogP contribution in [0.25, 0.3) is 0 Å². The van der Waals surface area contributed by atoms with E-state index in [2.05, 4.69) is 15.5 Å². The molecule has 1 rings (SSSR count). The molecule has 0 radical (unpaired) electrons. The molecule has 0 aliphatic rings. The molecule has 0 bridgehead atoms. The molecule has 0 saturated carbocycles. The van der Waals surface area contributed by atoms with Gasteiger partial charge in [0, 0.05) is 18.0 Å². The van der Waals surface area contributed by atoms with Crippen molar-refractivity contribution in [3.63, 3.8) is 0 Å². The van der Waals surface area contributed by atoms with E-state index in [1.165, 1.54) is 12.1 Å². The van der Waals surface area contributed by atoms with Crippen LogP contribution in [0.3, 0.4) is 0 Å². The number of hydrogen-bond acceptors (Lipinski definition) is 3. The largest absolute Gasteiger partial charge is 0.348 e. The molecular formula is C11H16ClN3O2. The van der Waals surface area contributed by atoms with E-state index in [9.17, 15) is 9.59 Å². The van der Waals surface area contributed by atoms with E-state index >= 15 is 0 Å². The number of nitrogens with zero attached hydrogens (tertiary/aromatic N) is 1. The van der Waals surface area contributed by atoms with Crippen molar-refractivity contribution in [3.05, 3.63) is 28.2 Å². The summed E-state index contributed by atoms with van der Waals surface area (Å²) in [6.07, 6.45) is 0.703. The molecular weight excluding hydrogens is 242 g/mol. The summed E-state index contributed by atoms with van der Waals surface area (Å²) in [5, 5.41) is 8.74. The first-order valence-electron chi connectivity index (χ1n) is 5.47. The molecule has 1 atom stereocenters. The predicted molar refractivity (Wildman–Crippen MR) is 66.3 cm³/mol. The van der Waals surface area contributed by atoms with Gasteiger partial charge in [-0.15, -0.1) is 11.6 Å². The fourth-order valence-electron chi connectivity index (χ4n) is 1.40. The number of alkyl halides is 1. The Bertz CT molecular complexity index is 410. The van der Waals surface area contributed by atoms with Crippen molar-refractivity contribution in [2.45, 2.75) is 26.3 Å². The van der Waals surface area contributed by atoms with E-state index < -0.39 is 0 Å². The van der Waals surface area contributed by atoms with Crippen molar-refractivity contribution in [1.82, 2.24) is 15.5 Å². The number of carbonyl (C=O) groups excluding carboxylic acids is 1. The third-order valence-corrected chi connectivity index (χ3v) is 2.67. The van der Waals surface area contributed by atoms with E-state index in [1.54, 1.807) is 0 Å². The quantitative estimate of drug-likeness (QED) is 0.777. The Morgan fingerprint density at radius 1 is 1.53 bits per heavy atom. The highest BCUT2D eigenvalue weighted by Crippen LogP contribution is 2.07. The van der Waals surface area contributed by atoms with Gasteiger partial charge in [0.15, 0.2) is 0 Å². The summed E-state index contributed by atoms with van der Waals surface area (Å²) in [7, 11) is 0. The second kappa shape index (κ2) is 6.39. The molecule has 0 aliphatic heterocycles. The smallest absolute Gasteiger partial charge is 0.271 e. The molecule has 0 fully saturated rings. The van der Waals surface area contributed by atoms with Crippen LogP contribution in [0.15, 0.2) is 16.9 Å². The highest BCUT2D eigenvalue weighted by molar-refractivity contribution is 6.17. The van der Waals surface area contributed by atoms with Crippen molar-refractivity contribution < 1.29 is 4.79 Å². The molecule has 6 heteroatoms. The van der Waals surface area contributed by atoms with Gasteiger partial charge in [0.2, 0.25) is 0 Å². The lowest BCUT2D eigenvalue weighted by molar-refractivity contribution is 0.0918. The van der Waals surface area contributed by atoms with Crippen molar-refractivity contribution in [3.8, 4) is 0 Å². The van der Waals surface area contributed by atoms with Gasteiger partial charge in [-0.2, -0.15) is 5.10 Å². The van der Waals surface area contributed by atoms with E-state index in [-0.39, 0.29) is 23.2 Å². The summed E-state index contributed by atoms with van der Waals surface area (Å²) >= 11 is 5.68. The standard InChI is InChI=1S/C11H16ClN3O2/c1-7(2)8(5-6-12)13-11(17)9-3-4-10(16)15-14-9/h3-4,7-8H,5-6H2,1-2H3,(H,13,17)(H,15,16). The number of H-pyrrole nitrogens is 1. The van der Waals surface area contributed by atoms with Crippen LogP contribution in [0.5, 0.6) is 0 Å². The molecule has 2 N–H and O–H groups in total. The van der Waals surface area contributed by atoms with Gasteiger partial charge >= 0.3 is 0 Å². The number of amides is 1. The first-order valence-corrected chi connectivity index (χ1v) is 6.00. The summed E-state index contributed by atoms with van der Waals surface area (Å²) in [4.78, 5) is 22.6. The lowest BCUT2D eigenvalue weighted by atomic mass is 10.0. The van der Waals surface area contributed by atoms with Crippen LogP contribution in [0.2, 0.25) is 0 Å². The first-order chi connectivity index (χ1) is 8.04. The number of hydrogen-bond donors (Lipinski definition) is 2. The van der Waals surface area contributed by atoms with Gasteiger partial charge in [-0.3, -0.25) is 9.59 Å². The van der Waals surface area contributed by atoms with Gasteiger partial charge in [-0.05, 0) is 18.4 Å². The molecule has 0 aliphatic carbocycles. The van der Waals surface area contributed by atoms with E-state index in [0.717, 1.165) is 0 Å². The van der Waals surface area contributed by atoms with Crippen LogP contribution in [0, 0.1) is 5.92 Å². The molecule has 1 aromatic heterocycles. The van der Waals surface area contributed by atoms with Crippen molar-refractivity contribution in [2.24, 2.45) is 5.92 Å². The summed E-state index contributed by atoms with van der Waals surface area (Å²) in [5.74, 6) is 0.480. The molecule has 1 heterocycles. The van der Waals surface area contributed by atoms with Gasteiger partial charge in [-0.25, -0.2) is 5.10 Å². The summed E-state index contributed by atoms with van der Waals surface area (Å²) in [5.41, 5.74) is -0.132. The fourth-order valence-corrected chi connectivity index (χ4v) is 1.64. The molecule has 0 spiro atoms. The summed E-state index contributed by atoms with van der Waals surface area (Å²) in [6, 6.07) is 2.67. The van der Waals surface area contributed by atoms with Crippen LogP contribution in [-0.2, 0) is 0 Å². The Balaban J connectivity index is 2.70. The zero-order valence-corrected chi connectivity index (χ0v) is 10.6. The van der Waals surface area contributed by atoms with Crippen molar-refractivity contribution in [1.29, 1.82) is 0 Å². The summed E-state index contributed by atoms with van der Waals surface area (Å²) in [6.45, 7) is 4.02. The van der Waals surface area contributed by atoms with Crippen LogP contribution in [-0.4, -0.2) is 28.0 Å². The molecule has 1 aromatic rings. The molecule has 1 unspecified atom stereocenters. The van der Waals surface area contributed by atoms with Gasteiger partial charge in [0.05, 0.1) is 0 Å². The number of aromatic amines is 1. The van der Waals surface area contributed by atoms with Crippen molar-refractivity contribution in [2.75, 3.05) is 5.88 Å². The molecule has 94 valence electrons. The maximum absolute atomic E-state index is 11.8. The maximum atomic E-state index is 11.8. The number of aromatic nitrogens is 2. The van der Waals surface area contributed by atoms with Gasteiger partial charge in [0.1, 0.15) is 5.69 Å². The number of rotatable bonds is 5. The topological polar surface area (TPSA) is 74.8 Å². The Morgan fingerprint density at radius 3 is 2.71 bits per heavy atom. The van der Waals surface area contributed by atoms with Crippen LogP contribution in [0.4, 0.5) is 0 Å². The molecule has 17 heavy (non-hydrogen) atoms. The highest BCUT2D eigenvalue weighted by Gasteiger charge is 2.17. The van der Waals surface area contributed by atoms with Crippen molar-refractivity contribution >= 4 is 17.5 Å². The minimum absolute atomic E-state index is 0.00808. The molecule has 0 saturated heterocycles. The third kappa shape index (κ3) is 4.19. The van der Waals surface area contributed by atoms with E-state index in [1.807, 2.05) is 13.8 Å². The number of carbonyl (C=O) groups is 1. The molecule has 5 nitrogen and oxygen atoms in total. The molecule has 1 amide bonds. The Hall–Kier alpha value is -1.36. The lowest BCUT2D eigenvalue weighted by Crippen LogP contribution is -2.39. The van der Waals surface area contributed by atoms with E-state index in [4.69, 9.17) is 11.6 Å². The van der Waals surface area contributed by atoms with Crippen LogP contribution in [0.1, 0.15) is 30.8 Å². The normalized spacial score (nSPS) is 12.5. The predicted octanol–water partition coefficient (Wildman–Crippen LogP) is 1.15. The van der Waals surface area contributed by atoms with E-state index in [0.29, 0.717) is 18.2 Å². The third-order valence-electron chi connectivity index (χ3n) is 2.45. The molecule has 0 aromatic carbocycles. The Morgan fingerprint density at radius 2 is 2.24 bits per heavy atom. The summed E-state index contributed by atoms with van der Waals surface area (Å²) < 4.78 is 0. The lowest BCUT2D eigenvalue weighted by Gasteiger charge is -2.20. The second-order valence-corrected chi connectivity index (χ2v) is 4.49.